The number of nitrogens with zero attached hydrogens (tertiary/aromatic N) is 2. The number of aryl methyl sites for hydroxylation is 2. The van der Waals surface area contributed by atoms with Crippen LogP contribution in [0.5, 0.6) is 0 Å². The van der Waals surface area contributed by atoms with Crippen molar-refractivity contribution in [1.29, 1.82) is 0 Å². The second-order valence-electron chi connectivity index (χ2n) is 5.73. The predicted molar refractivity (Wildman–Crippen MR) is 95.9 cm³/mol. The van der Waals surface area contributed by atoms with E-state index in [0.717, 1.165) is 16.9 Å². The maximum Gasteiger partial charge on any atom is 0.335 e. The van der Waals surface area contributed by atoms with Gasteiger partial charge in [0.15, 0.2) is 0 Å². The molecule has 120 valence electrons. The van der Waals surface area contributed by atoms with E-state index in [-0.39, 0.29) is 5.56 Å². The molecule has 0 radical (unpaired) electrons. The van der Waals surface area contributed by atoms with Crippen LogP contribution in [0, 0.1) is 13.8 Å². The third-order valence-electron chi connectivity index (χ3n) is 3.98. The molecule has 0 aliphatic heterocycles. The molecule has 2 aromatic carbocycles. The molecule has 4 nitrogen and oxygen atoms in total. The standard InChI is InChI=1S/C20H18N2O2/c1-14-3-8-19(11-15(14)2)22-10-9-16(13-22)12-21-18-6-4-17(5-7-18)20(23)24/h3-13H,1-2H3,(H,23,24). The summed E-state index contributed by atoms with van der Waals surface area (Å²) in [6, 6.07) is 14.8. The third-order valence-corrected chi connectivity index (χ3v) is 3.98. The predicted octanol–water partition coefficient (Wildman–Crippen LogP) is 4.54. The first kappa shape index (κ1) is 15.7. The Morgan fingerprint density at radius 1 is 1.04 bits per heavy atom. The zero-order valence-corrected chi connectivity index (χ0v) is 13.6. The van der Waals surface area contributed by atoms with Crippen molar-refractivity contribution in [3.8, 4) is 5.69 Å². The molecule has 0 unspecified atom stereocenters. The highest BCUT2D eigenvalue weighted by Gasteiger charge is 2.02. The van der Waals surface area contributed by atoms with Crippen molar-refractivity contribution in [1.82, 2.24) is 4.57 Å². The SMILES string of the molecule is Cc1ccc(-n2ccc(C=Nc3ccc(C(=O)O)cc3)c2)cc1C. The van der Waals surface area contributed by atoms with Crippen LogP contribution in [0.1, 0.15) is 27.0 Å². The van der Waals surface area contributed by atoms with E-state index in [9.17, 15) is 4.79 Å². The number of hydrogen-bond acceptors (Lipinski definition) is 2. The molecule has 0 fully saturated rings. The van der Waals surface area contributed by atoms with Gasteiger partial charge < -0.3 is 9.67 Å². The summed E-state index contributed by atoms with van der Waals surface area (Å²) in [5, 5.41) is 8.89. The van der Waals surface area contributed by atoms with Gasteiger partial charge in [-0.15, -0.1) is 0 Å². The lowest BCUT2D eigenvalue weighted by atomic mass is 10.1. The van der Waals surface area contributed by atoms with Gasteiger partial charge in [0.2, 0.25) is 0 Å². The summed E-state index contributed by atoms with van der Waals surface area (Å²) in [5.41, 5.74) is 5.61. The van der Waals surface area contributed by atoms with Gasteiger partial charge in [0.05, 0.1) is 11.3 Å². The number of rotatable bonds is 4. The van der Waals surface area contributed by atoms with Crippen molar-refractivity contribution >= 4 is 17.9 Å². The van der Waals surface area contributed by atoms with Gasteiger partial charge in [0.25, 0.3) is 0 Å². The van der Waals surface area contributed by atoms with Gasteiger partial charge in [0.1, 0.15) is 0 Å². The van der Waals surface area contributed by atoms with Crippen molar-refractivity contribution in [2.45, 2.75) is 13.8 Å². The van der Waals surface area contributed by atoms with E-state index < -0.39 is 5.97 Å². The van der Waals surface area contributed by atoms with Gasteiger partial charge in [-0.1, -0.05) is 6.07 Å². The zero-order valence-electron chi connectivity index (χ0n) is 13.6. The summed E-state index contributed by atoms with van der Waals surface area (Å²) in [6.45, 7) is 4.20. The first-order chi connectivity index (χ1) is 11.5. The number of carboxylic acid groups (broad SMARTS) is 1. The summed E-state index contributed by atoms with van der Waals surface area (Å²) in [5.74, 6) is -0.934. The summed E-state index contributed by atoms with van der Waals surface area (Å²) < 4.78 is 2.06. The minimum Gasteiger partial charge on any atom is -0.478 e. The van der Waals surface area contributed by atoms with E-state index in [0.29, 0.717) is 0 Å². The molecule has 24 heavy (non-hydrogen) atoms. The minimum absolute atomic E-state index is 0.259. The number of aliphatic imine (C=N–C) groups is 1. The van der Waals surface area contributed by atoms with E-state index >= 15 is 0 Å². The van der Waals surface area contributed by atoms with Crippen LogP contribution in [0.2, 0.25) is 0 Å². The molecule has 1 aromatic heterocycles. The Hall–Kier alpha value is -3.14. The van der Waals surface area contributed by atoms with Gasteiger partial charge in [-0.2, -0.15) is 0 Å². The lowest BCUT2D eigenvalue weighted by molar-refractivity contribution is 0.0697. The second-order valence-corrected chi connectivity index (χ2v) is 5.73. The number of aromatic nitrogens is 1. The van der Waals surface area contributed by atoms with Crippen LogP contribution in [0.4, 0.5) is 5.69 Å². The summed E-state index contributed by atoms with van der Waals surface area (Å²) >= 11 is 0. The maximum absolute atomic E-state index is 10.8. The van der Waals surface area contributed by atoms with Gasteiger partial charge in [-0.25, -0.2) is 4.79 Å². The molecule has 1 N–H and O–H groups in total. The largest absolute Gasteiger partial charge is 0.478 e. The van der Waals surface area contributed by atoms with Crippen molar-refractivity contribution in [3.63, 3.8) is 0 Å². The molecule has 0 atom stereocenters. The van der Waals surface area contributed by atoms with E-state index in [1.807, 2.05) is 18.5 Å². The third kappa shape index (κ3) is 3.43. The monoisotopic (exact) mass is 318 g/mol. The fourth-order valence-corrected chi connectivity index (χ4v) is 2.38. The van der Waals surface area contributed by atoms with Crippen LogP contribution in [0.15, 0.2) is 65.9 Å². The summed E-state index contributed by atoms with van der Waals surface area (Å²) in [6.07, 6.45) is 5.78. The molecule has 0 aliphatic carbocycles. The number of hydrogen-bond donors (Lipinski definition) is 1. The van der Waals surface area contributed by atoms with Crippen LogP contribution in [0.3, 0.4) is 0 Å². The van der Waals surface area contributed by atoms with Crippen LogP contribution < -0.4 is 0 Å². The fourth-order valence-electron chi connectivity index (χ4n) is 2.38. The van der Waals surface area contributed by atoms with E-state index in [4.69, 9.17) is 5.11 Å². The van der Waals surface area contributed by atoms with Gasteiger partial charge in [0, 0.05) is 29.9 Å². The first-order valence-corrected chi connectivity index (χ1v) is 7.66. The molecule has 0 saturated heterocycles. The maximum atomic E-state index is 10.8. The van der Waals surface area contributed by atoms with Crippen LogP contribution in [-0.4, -0.2) is 21.9 Å². The van der Waals surface area contributed by atoms with Crippen LogP contribution in [-0.2, 0) is 0 Å². The molecule has 0 amide bonds. The first-order valence-electron chi connectivity index (χ1n) is 7.66. The molecule has 0 bridgehead atoms. The molecule has 3 rings (SSSR count). The lowest BCUT2D eigenvalue weighted by Gasteiger charge is -2.06. The van der Waals surface area contributed by atoms with Crippen LogP contribution >= 0.6 is 0 Å². The van der Waals surface area contributed by atoms with Gasteiger partial charge in [-0.3, -0.25) is 4.99 Å². The lowest BCUT2D eigenvalue weighted by Crippen LogP contribution is -1.94. The molecule has 1 heterocycles. The number of carboxylic acids is 1. The molecule has 0 spiro atoms. The highest BCUT2D eigenvalue weighted by Crippen LogP contribution is 2.16. The molecular weight excluding hydrogens is 300 g/mol. The Kier molecular flexibility index (Phi) is 4.29. The van der Waals surface area contributed by atoms with Crippen LogP contribution in [0.25, 0.3) is 5.69 Å². The Bertz CT molecular complexity index is 906. The molecule has 3 aromatic rings. The average Bonchev–Trinajstić information content (AvgIpc) is 3.05. The smallest absolute Gasteiger partial charge is 0.335 e. The fraction of sp³-hybridized carbons (Fsp3) is 0.100. The zero-order chi connectivity index (χ0) is 17.1. The molecular formula is C20H18N2O2. The number of aromatic carboxylic acids is 1. The van der Waals surface area contributed by atoms with Crippen molar-refractivity contribution in [3.05, 3.63) is 83.2 Å². The molecule has 0 saturated carbocycles. The van der Waals surface area contributed by atoms with Crippen molar-refractivity contribution in [2.24, 2.45) is 4.99 Å². The van der Waals surface area contributed by atoms with Crippen molar-refractivity contribution < 1.29 is 9.90 Å². The summed E-state index contributed by atoms with van der Waals surface area (Å²) in [4.78, 5) is 15.2. The Balaban J connectivity index is 1.78. The Morgan fingerprint density at radius 3 is 2.46 bits per heavy atom. The minimum atomic E-state index is -0.934. The summed E-state index contributed by atoms with van der Waals surface area (Å²) in [7, 11) is 0. The highest BCUT2D eigenvalue weighted by molar-refractivity contribution is 5.88. The number of benzene rings is 2. The van der Waals surface area contributed by atoms with E-state index in [1.165, 1.54) is 11.1 Å². The van der Waals surface area contributed by atoms with Gasteiger partial charge >= 0.3 is 5.97 Å². The van der Waals surface area contributed by atoms with Crippen molar-refractivity contribution in [2.75, 3.05) is 0 Å². The average molecular weight is 318 g/mol. The topological polar surface area (TPSA) is 54.6 Å². The normalized spacial score (nSPS) is 11.1. The van der Waals surface area contributed by atoms with E-state index in [1.54, 1.807) is 30.5 Å². The molecule has 0 aliphatic rings. The Morgan fingerprint density at radius 2 is 1.79 bits per heavy atom. The van der Waals surface area contributed by atoms with Gasteiger partial charge in [-0.05, 0) is 67.4 Å². The van der Waals surface area contributed by atoms with E-state index in [2.05, 4.69) is 41.6 Å². The quantitative estimate of drug-likeness (QED) is 0.718. The number of carbonyl (C=O) groups is 1. The molecule has 4 heteroatoms. The second kappa shape index (κ2) is 6.54. The Labute approximate surface area is 140 Å². The highest BCUT2D eigenvalue weighted by atomic mass is 16.4.